The lowest BCUT2D eigenvalue weighted by Gasteiger charge is -2.14. The number of amides is 1. The van der Waals surface area contributed by atoms with Crippen LogP contribution in [0.4, 0.5) is 5.69 Å². The van der Waals surface area contributed by atoms with E-state index in [4.69, 9.17) is 0 Å². The Hall–Kier alpha value is -3.49. The molecule has 1 amide bonds. The molecule has 0 saturated carbocycles. The predicted molar refractivity (Wildman–Crippen MR) is 98.5 cm³/mol. The van der Waals surface area contributed by atoms with Crippen molar-refractivity contribution >= 4 is 17.2 Å². The molecule has 0 bridgehead atoms. The normalized spacial score (nSPS) is 12.1. The third-order valence-corrected chi connectivity index (χ3v) is 4.35. The number of hydrogen-bond acceptors (Lipinski definition) is 5. The molecule has 1 aromatic carbocycles. The van der Waals surface area contributed by atoms with E-state index in [1.165, 1.54) is 15.1 Å². The molecule has 0 aliphatic heterocycles. The first kappa shape index (κ1) is 18.3. The zero-order valence-electron chi connectivity index (χ0n) is 15.0. The molecule has 140 valence electrons. The number of carbonyl (C=O) groups excluding carboxylic acids is 1. The van der Waals surface area contributed by atoms with E-state index in [0.717, 1.165) is 0 Å². The zero-order valence-corrected chi connectivity index (χ0v) is 15.0. The number of nitro groups is 1. The van der Waals surface area contributed by atoms with E-state index in [2.05, 4.69) is 10.4 Å². The van der Waals surface area contributed by atoms with Gasteiger partial charge in [-0.1, -0.05) is 18.2 Å². The smallest absolute Gasteiger partial charge is 0.350 e. The number of benzene rings is 1. The first-order valence-corrected chi connectivity index (χ1v) is 8.45. The molecule has 1 atom stereocenters. The Morgan fingerprint density at radius 3 is 2.81 bits per heavy atom. The van der Waals surface area contributed by atoms with Crippen LogP contribution in [-0.4, -0.2) is 25.0 Å². The highest BCUT2D eigenvalue weighted by molar-refractivity contribution is 5.76. The van der Waals surface area contributed by atoms with Gasteiger partial charge in [-0.15, -0.1) is 5.10 Å². The van der Waals surface area contributed by atoms with Crippen LogP contribution in [-0.2, 0) is 11.3 Å². The van der Waals surface area contributed by atoms with E-state index in [0.29, 0.717) is 16.8 Å². The molecule has 0 aliphatic rings. The highest BCUT2D eigenvalue weighted by atomic mass is 16.6. The van der Waals surface area contributed by atoms with Gasteiger partial charge < -0.3 is 5.32 Å². The summed E-state index contributed by atoms with van der Waals surface area (Å²) in [6.07, 6.45) is 1.69. The number of carbonyl (C=O) groups is 1. The van der Waals surface area contributed by atoms with Crippen molar-refractivity contribution < 1.29 is 9.72 Å². The fourth-order valence-corrected chi connectivity index (χ4v) is 2.81. The van der Waals surface area contributed by atoms with E-state index in [1.54, 1.807) is 50.4 Å². The van der Waals surface area contributed by atoms with Crippen molar-refractivity contribution in [2.75, 3.05) is 0 Å². The number of hydrogen-bond donors (Lipinski definition) is 1. The monoisotopic (exact) mass is 369 g/mol. The number of rotatable bonds is 6. The second kappa shape index (κ2) is 7.40. The maximum Gasteiger partial charge on any atom is 0.350 e. The molecular weight excluding hydrogens is 350 g/mol. The van der Waals surface area contributed by atoms with Crippen LogP contribution in [0.1, 0.15) is 30.5 Å². The van der Waals surface area contributed by atoms with Gasteiger partial charge in [0.05, 0.1) is 17.5 Å². The van der Waals surface area contributed by atoms with Crippen LogP contribution in [0.25, 0.3) is 5.65 Å². The largest absolute Gasteiger partial charge is 0.350 e. The van der Waals surface area contributed by atoms with Crippen molar-refractivity contribution in [3.05, 3.63) is 74.3 Å². The van der Waals surface area contributed by atoms with Gasteiger partial charge in [-0.2, -0.15) is 0 Å². The Kier molecular flexibility index (Phi) is 5.02. The maximum atomic E-state index is 12.2. The van der Waals surface area contributed by atoms with Crippen molar-refractivity contribution in [1.82, 2.24) is 19.5 Å². The van der Waals surface area contributed by atoms with Gasteiger partial charge in [-0.25, -0.2) is 9.48 Å². The van der Waals surface area contributed by atoms with E-state index in [1.807, 2.05) is 0 Å². The number of pyridine rings is 1. The minimum Gasteiger partial charge on any atom is -0.350 e. The summed E-state index contributed by atoms with van der Waals surface area (Å²) in [5, 5.41) is 18.0. The third-order valence-electron chi connectivity index (χ3n) is 4.35. The van der Waals surface area contributed by atoms with Crippen molar-refractivity contribution in [1.29, 1.82) is 0 Å². The van der Waals surface area contributed by atoms with Gasteiger partial charge in [0.1, 0.15) is 0 Å². The summed E-state index contributed by atoms with van der Waals surface area (Å²) in [5.41, 5.74) is 1.44. The highest BCUT2D eigenvalue weighted by Crippen LogP contribution is 2.23. The molecule has 27 heavy (non-hydrogen) atoms. The maximum absolute atomic E-state index is 12.2. The molecule has 0 saturated heterocycles. The van der Waals surface area contributed by atoms with Crippen LogP contribution in [0.15, 0.2) is 47.4 Å². The molecular formula is C18H19N5O4. The van der Waals surface area contributed by atoms with Crippen molar-refractivity contribution in [3.8, 4) is 0 Å². The summed E-state index contributed by atoms with van der Waals surface area (Å²) in [4.78, 5) is 35.0. The average Bonchev–Trinajstić information content (AvgIpc) is 2.96. The molecule has 0 aliphatic carbocycles. The molecule has 2 heterocycles. The SMILES string of the molecule is Cc1ccc(C(C)NC(=O)CCn2nc3ccccn3c2=O)cc1[N+](=O)[O-]. The summed E-state index contributed by atoms with van der Waals surface area (Å²) < 4.78 is 2.66. The first-order valence-electron chi connectivity index (χ1n) is 8.45. The van der Waals surface area contributed by atoms with Crippen molar-refractivity contribution in [2.24, 2.45) is 0 Å². The average molecular weight is 369 g/mol. The molecule has 9 heteroatoms. The number of aromatic nitrogens is 3. The summed E-state index contributed by atoms with van der Waals surface area (Å²) in [6, 6.07) is 9.70. The molecule has 2 aromatic heterocycles. The first-order chi connectivity index (χ1) is 12.9. The molecule has 3 rings (SSSR count). The van der Waals surface area contributed by atoms with Gasteiger partial charge in [0.25, 0.3) is 5.69 Å². The molecule has 0 spiro atoms. The van der Waals surface area contributed by atoms with Crippen LogP contribution in [0.2, 0.25) is 0 Å². The summed E-state index contributed by atoms with van der Waals surface area (Å²) >= 11 is 0. The standard InChI is InChI=1S/C18H19N5O4/c1-12-6-7-14(11-15(12)23(26)27)13(2)19-17(24)8-10-22-18(25)21-9-4-3-5-16(21)20-22/h3-7,9,11,13H,8,10H2,1-2H3,(H,19,24). The lowest BCUT2D eigenvalue weighted by Crippen LogP contribution is -2.29. The minimum absolute atomic E-state index is 0.0184. The topological polar surface area (TPSA) is 112 Å². The third kappa shape index (κ3) is 3.86. The highest BCUT2D eigenvalue weighted by Gasteiger charge is 2.16. The van der Waals surface area contributed by atoms with Gasteiger partial charge in [0, 0.05) is 24.2 Å². The van der Waals surface area contributed by atoms with E-state index in [9.17, 15) is 19.7 Å². The number of nitrogens with zero attached hydrogens (tertiary/aromatic N) is 4. The Morgan fingerprint density at radius 2 is 2.11 bits per heavy atom. The Morgan fingerprint density at radius 1 is 1.33 bits per heavy atom. The van der Waals surface area contributed by atoms with Crippen LogP contribution >= 0.6 is 0 Å². The quantitative estimate of drug-likeness (QED) is 0.527. The summed E-state index contributed by atoms with van der Waals surface area (Å²) in [5.74, 6) is -0.269. The lowest BCUT2D eigenvalue weighted by molar-refractivity contribution is -0.385. The van der Waals surface area contributed by atoms with E-state index in [-0.39, 0.29) is 30.2 Å². The molecule has 0 radical (unpaired) electrons. The molecule has 9 nitrogen and oxygen atoms in total. The molecule has 1 unspecified atom stereocenters. The second-order valence-electron chi connectivity index (χ2n) is 6.28. The van der Waals surface area contributed by atoms with Crippen LogP contribution in [0, 0.1) is 17.0 Å². The summed E-state index contributed by atoms with van der Waals surface area (Å²) in [7, 11) is 0. The van der Waals surface area contributed by atoms with Crippen LogP contribution in [0.3, 0.4) is 0 Å². The second-order valence-corrected chi connectivity index (χ2v) is 6.28. The van der Waals surface area contributed by atoms with Gasteiger partial charge in [-0.3, -0.25) is 19.3 Å². The number of fused-ring (bicyclic) bond motifs is 1. The Balaban J connectivity index is 1.65. The fourth-order valence-electron chi connectivity index (χ4n) is 2.81. The number of nitrogens with one attached hydrogen (secondary N) is 1. The molecule has 0 fully saturated rings. The number of aryl methyl sites for hydroxylation is 2. The van der Waals surface area contributed by atoms with Crippen LogP contribution in [0.5, 0.6) is 0 Å². The van der Waals surface area contributed by atoms with Crippen LogP contribution < -0.4 is 11.0 Å². The van der Waals surface area contributed by atoms with Gasteiger partial charge in [0.15, 0.2) is 5.65 Å². The molecule has 3 aromatic rings. The van der Waals surface area contributed by atoms with E-state index < -0.39 is 11.0 Å². The minimum atomic E-state index is -0.441. The van der Waals surface area contributed by atoms with E-state index >= 15 is 0 Å². The predicted octanol–water partition coefficient (Wildman–Crippen LogP) is 1.98. The number of nitro benzene ring substituents is 1. The van der Waals surface area contributed by atoms with Gasteiger partial charge in [0.2, 0.25) is 5.91 Å². The van der Waals surface area contributed by atoms with Gasteiger partial charge in [-0.05, 0) is 31.5 Å². The Labute approximate surface area is 154 Å². The zero-order chi connectivity index (χ0) is 19.6. The van der Waals surface area contributed by atoms with Crippen molar-refractivity contribution in [2.45, 2.75) is 32.9 Å². The fraction of sp³-hybridized carbons (Fsp3) is 0.278. The molecule has 1 N–H and O–H groups in total. The lowest BCUT2D eigenvalue weighted by atomic mass is 10.0. The van der Waals surface area contributed by atoms with Crippen molar-refractivity contribution in [3.63, 3.8) is 0 Å². The Bertz CT molecular complexity index is 1070. The summed E-state index contributed by atoms with van der Waals surface area (Å²) in [6.45, 7) is 3.56. The van der Waals surface area contributed by atoms with Gasteiger partial charge >= 0.3 is 5.69 Å².